The van der Waals surface area contributed by atoms with Crippen molar-refractivity contribution in [3.63, 3.8) is 0 Å². The molecule has 6 heteroatoms. The molecule has 1 N–H and O–H groups in total. The summed E-state index contributed by atoms with van der Waals surface area (Å²) >= 11 is 0. The molecule has 0 aliphatic carbocycles. The van der Waals surface area contributed by atoms with Crippen molar-refractivity contribution >= 4 is 11.9 Å². The highest BCUT2D eigenvalue weighted by atomic mass is 19.1. The molecule has 3 rings (SSSR count). The molecule has 0 aromatic heterocycles. The van der Waals surface area contributed by atoms with Gasteiger partial charge in [-0.3, -0.25) is 4.79 Å². The number of carbonyl (C=O) groups excluding carboxylic acids is 2. The van der Waals surface area contributed by atoms with Gasteiger partial charge in [-0.25, -0.2) is 13.6 Å². The van der Waals surface area contributed by atoms with Crippen molar-refractivity contribution in [3.05, 3.63) is 95.6 Å². The van der Waals surface area contributed by atoms with E-state index in [1.165, 1.54) is 13.2 Å². The lowest BCUT2D eigenvalue weighted by Crippen LogP contribution is -2.43. The Kier molecular flexibility index (Phi) is 6.91. The topological polar surface area (TPSA) is 55.4 Å². The second-order valence-corrected chi connectivity index (χ2v) is 6.82. The molecule has 0 aliphatic rings. The van der Waals surface area contributed by atoms with Gasteiger partial charge in [0, 0.05) is 12.5 Å². The average Bonchev–Trinajstić information content (AvgIpc) is 2.76. The Hall–Kier alpha value is -3.54. The molecule has 0 fully saturated rings. The first kappa shape index (κ1) is 21.2. The van der Waals surface area contributed by atoms with Crippen molar-refractivity contribution in [2.75, 3.05) is 7.11 Å². The lowest BCUT2D eigenvalue weighted by Gasteiger charge is -2.17. The van der Waals surface area contributed by atoms with Crippen LogP contribution in [0.1, 0.15) is 11.1 Å². The fourth-order valence-corrected chi connectivity index (χ4v) is 3.12. The van der Waals surface area contributed by atoms with Crippen LogP contribution < -0.4 is 5.32 Å². The third-order valence-electron chi connectivity index (χ3n) is 4.69. The third-order valence-corrected chi connectivity index (χ3v) is 4.69. The molecule has 3 aromatic rings. The summed E-state index contributed by atoms with van der Waals surface area (Å²) in [4.78, 5) is 24.5. The summed E-state index contributed by atoms with van der Waals surface area (Å²) in [6.45, 7) is 0. The van der Waals surface area contributed by atoms with Crippen molar-refractivity contribution in [3.8, 4) is 11.1 Å². The predicted molar refractivity (Wildman–Crippen MR) is 110 cm³/mol. The summed E-state index contributed by atoms with van der Waals surface area (Å²) in [5, 5.41) is 2.58. The number of rotatable bonds is 7. The number of hydrogen-bond donors (Lipinski definition) is 1. The Morgan fingerprint density at radius 2 is 1.60 bits per heavy atom. The van der Waals surface area contributed by atoms with E-state index >= 15 is 0 Å². The molecule has 30 heavy (non-hydrogen) atoms. The van der Waals surface area contributed by atoms with Gasteiger partial charge in [-0.05, 0) is 28.3 Å². The molecule has 0 aliphatic heterocycles. The number of nitrogens with one attached hydrogen (secondary N) is 1. The van der Waals surface area contributed by atoms with Crippen molar-refractivity contribution in [2.24, 2.45) is 0 Å². The first-order chi connectivity index (χ1) is 14.5. The zero-order chi connectivity index (χ0) is 21.5. The number of esters is 1. The van der Waals surface area contributed by atoms with Crippen LogP contribution in [0.4, 0.5) is 8.78 Å². The smallest absolute Gasteiger partial charge is 0.328 e. The van der Waals surface area contributed by atoms with E-state index in [9.17, 15) is 18.4 Å². The first-order valence-electron chi connectivity index (χ1n) is 9.41. The maximum absolute atomic E-state index is 13.8. The van der Waals surface area contributed by atoms with Crippen LogP contribution >= 0.6 is 0 Å². The van der Waals surface area contributed by atoms with Gasteiger partial charge in [0.2, 0.25) is 5.91 Å². The zero-order valence-corrected chi connectivity index (χ0v) is 16.4. The molecule has 0 heterocycles. The summed E-state index contributed by atoms with van der Waals surface area (Å²) in [7, 11) is 1.24. The van der Waals surface area contributed by atoms with Crippen LogP contribution in [0.2, 0.25) is 0 Å². The number of methoxy groups -OCH3 is 1. The molecule has 1 atom stereocenters. The number of halogens is 2. The molecule has 0 bridgehead atoms. The number of benzene rings is 3. The maximum atomic E-state index is 13.8. The zero-order valence-electron chi connectivity index (χ0n) is 16.4. The van der Waals surface area contributed by atoms with Crippen molar-refractivity contribution in [1.29, 1.82) is 0 Å². The summed E-state index contributed by atoms with van der Waals surface area (Å²) < 4.78 is 31.6. The van der Waals surface area contributed by atoms with Crippen molar-refractivity contribution < 1.29 is 23.1 Å². The minimum absolute atomic E-state index is 0.0460. The Balaban J connectivity index is 1.68. The van der Waals surface area contributed by atoms with E-state index < -0.39 is 29.6 Å². The number of ether oxygens (including phenoxy) is 1. The molecule has 0 saturated carbocycles. The fraction of sp³-hybridized carbons (Fsp3) is 0.167. The highest BCUT2D eigenvalue weighted by Crippen LogP contribution is 2.20. The lowest BCUT2D eigenvalue weighted by atomic mass is 10.0. The van der Waals surface area contributed by atoms with Crippen LogP contribution in [-0.4, -0.2) is 25.0 Å². The summed E-state index contributed by atoms with van der Waals surface area (Å²) in [6.07, 6.45) is -0.0913. The van der Waals surface area contributed by atoms with Gasteiger partial charge in [0.1, 0.15) is 17.7 Å². The minimum atomic E-state index is -0.923. The lowest BCUT2D eigenvalue weighted by molar-refractivity contribution is -0.145. The Morgan fingerprint density at radius 3 is 2.23 bits per heavy atom. The van der Waals surface area contributed by atoms with E-state index in [1.807, 2.05) is 54.6 Å². The van der Waals surface area contributed by atoms with E-state index in [4.69, 9.17) is 4.74 Å². The van der Waals surface area contributed by atoms with E-state index in [-0.39, 0.29) is 18.4 Å². The van der Waals surface area contributed by atoms with Gasteiger partial charge < -0.3 is 10.1 Å². The van der Waals surface area contributed by atoms with Gasteiger partial charge in [0.15, 0.2) is 0 Å². The number of hydrogen-bond acceptors (Lipinski definition) is 3. The minimum Gasteiger partial charge on any atom is -0.467 e. The number of amides is 1. The number of carbonyl (C=O) groups is 2. The summed E-state index contributed by atoms with van der Waals surface area (Å²) in [5.41, 5.74) is 2.98. The maximum Gasteiger partial charge on any atom is 0.328 e. The van der Waals surface area contributed by atoms with Crippen LogP contribution in [0.25, 0.3) is 11.1 Å². The predicted octanol–water partition coefficient (Wildman–Crippen LogP) is 4.07. The normalized spacial score (nSPS) is 11.6. The largest absolute Gasteiger partial charge is 0.467 e. The van der Waals surface area contributed by atoms with Crippen molar-refractivity contribution in [2.45, 2.75) is 18.9 Å². The fourth-order valence-electron chi connectivity index (χ4n) is 3.12. The van der Waals surface area contributed by atoms with Gasteiger partial charge in [0.05, 0.1) is 13.5 Å². The van der Waals surface area contributed by atoms with Gasteiger partial charge in [-0.15, -0.1) is 0 Å². The SMILES string of the molecule is COC(=O)[C@@H](Cc1ccc(-c2ccccc2)cc1)NC(=O)Cc1ccc(F)cc1F. The molecule has 0 spiro atoms. The quantitative estimate of drug-likeness (QED) is 0.599. The first-order valence-corrected chi connectivity index (χ1v) is 9.41. The van der Waals surface area contributed by atoms with Gasteiger partial charge in [0.25, 0.3) is 0 Å². The van der Waals surface area contributed by atoms with Gasteiger partial charge >= 0.3 is 5.97 Å². The molecule has 3 aromatic carbocycles. The van der Waals surface area contributed by atoms with Crippen LogP contribution in [0, 0.1) is 11.6 Å². The highest BCUT2D eigenvalue weighted by molar-refractivity contribution is 5.85. The van der Waals surface area contributed by atoms with Gasteiger partial charge in [-0.1, -0.05) is 60.7 Å². The van der Waals surface area contributed by atoms with E-state index in [0.717, 1.165) is 22.8 Å². The van der Waals surface area contributed by atoms with E-state index in [0.29, 0.717) is 6.07 Å². The molecule has 0 unspecified atom stereocenters. The summed E-state index contributed by atoms with van der Waals surface area (Å²) in [5.74, 6) is -2.69. The second-order valence-electron chi connectivity index (χ2n) is 6.82. The molecule has 154 valence electrons. The highest BCUT2D eigenvalue weighted by Gasteiger charge is 2.22. The summed E-state index contributed by atoms with van der Waals surface area (Å²) in [6, 6.07) is 19.6. The van der Waals surface area contributed by atoms with Crippen LogP contribution in [-0.2, 0) is 27.2 Å². The molecule has 1 amide bonds. The van der Waals surface area contributed by atoms with Crippen LogP contribution in [0.3, 0.4) is 0 Å². The molecule has 0 radical (unpaired) electrons. The molecule has 0 saturated heterocycles. The molecular formula is C24H21F2NO3. The monoisotopic (exact) mass is 409 g/mol. The second kappa shape index (κ2) is 9.78. The van der Waals surface area contributed by atoms with Crippen molar-refractivity contribution in [1.82, 2.24) is 5.32 Å². The standard InChI is InChI=1S/C24H21F2NO3/c1-30-24(29)22(27-23(28)14-19-11-12-20(25)15-21(19)26)13-16-7-9-18(10-8-16)17-5-3-2-4-6-17/h2-12,15,22H,13-14H2,1H3,(H,27,28)/t22-/m1/s1. The Labute approximate surface area is 173 Å². The van der Waals surface area contributed by atoms with Crippen LogP contribution in [0.15, 0.2) is 72.8 Å². The molecule has 4 nitrogen and oxygen atoms in total. The van der Waals surface area contributed by atoms with E-state index in [2.05, 4.69) is 5.32 Å². The Bertz CT molecular complexity index is 1020. The Morgan fingerprint density at radius 1 is 0.933 bits per heavy atom. The molecular weight excluding hydrogens is 388 g/mol. The average molecular weight is 409 g/mol. The van der Waals surface area contributed by atoms with Crippen LogP contribution in [0.5, 0.6) is 0 Å². The van der Waals surface area contributed by atoms with Gasteiger partial charge in [-0.2, -0.15) is 0 Å². The van der Waals surface area contributed by atoms with E-state index in [1.54, 1.807) is 0 Å². The third kappa shape index (κ3) is 5.50.